The number of carbonyl (C=O) groups is 1. The molecule has 1 heterocycles. The highest BCUT2D eigenvalue weighted by Crippen LogP contribution is 2.02. The number of rotatable bonds is 3. The van der Waals surface area contributed by atoms with E-state index < -0.39 is 0 Å². The lowest BCUT2D eigenvalue weighted by molar-refractivity contribution is -0.115. The molecule has 0 saturated heterocycles. The molecule has 0 unspecified atom stereocenters. The topological polar surface area (TPSA) is 59.8 Å². The summed E-state index contributed by atoms with van der Waals surface area (Å²) in [6.45, 7) is 5.44. The number of anilines is 1. The summed E-state index contributed by atoms with van der Waals surface area (Å²) in [5.41, 5.74) is 0.819. The number of aryl methyl sites for hydroxylation is 1. The largest absolute Gasteiger partial charge is 0.303 e. The van der Waals surface area contributed by atoms with Crippen LogP contribution in [0.2, 0.25) is 0 Å². The van der Waals surface area contributed by atoms with Crippen molar-refractivity contribution in [3.63, 3.8) is 0 Å². The summed E-state index contributed by atoms with van der Waals surface area (Å²) in [6, 6.07) is 0. The molecule has 5 nitrogen and oxygen atoms in total. The van der Waals surface area contributed by atoms with Gasteiger partial charge in [0.2, 0.25) is 11.9 Å². The Balaban J connectivity index is 2.55. The minimum absolute atomic E-state index is 0.122. The zero-order valence-electron chi connectivity index (χ0n) is 7.74. The number of nitrogens with zero attached hydrogens (tertiary/aromatic N) is 3. The van der Waals surface area contributed by atoms with Crippen molar-refractivity contribution in [2.45, 2.75) is 13.3 Å². The van der Waals surface area contributed by atoms with Gasteiger partial charge in [-0.3, -0.25) is 10.1 Å². The summed E-state index contributed by atoms with van der Waals surface area (Å²) >= 11 is 0. The van der Waals surface area contributed by atoms with Crippen LogP contribution in [0.5, 0.6) is 0 Å². The Morgan fingerprint density at radius 1 is 1.77 bits per heavy atom. The second-order valence-electron chi connectivity index (χ2n) is 2.95. The minimum Gasteiger partial charge on any atom is -0.303 e. The van der Waals surface area contributed by atoms with E-state index in [-0.39, 0.29) is 5.91 Å². The summed E-state index contributed by atoms with van der Waals surface area (Å²) in [5, 5.41) is 9.96. The van der Waals surface area contributed by atoms with E-state index in [1.807, 2.05) is 0 Å². The Labute approximate surface area is 76.5 Å². The van der Waals surface area contributed by atoms with Gasteiger partial charge in [-0.05, 0) is 6.92 Å². The van der Waals surface area contributed by atoms with E-state index in [1.165, 1.54) is 6.33 Å². The fourth-order valence-electron chi connectivity index (χ4n) is 0.839. The molecule has 0 aliphatic carbocycles. The molecule has 0 bridgehead atoms. The van der Waals surface area contributed by atoms with Gasteiger partial charge in [0, 0.05) is 13.5 Å². The van der Waals surface area contributed by atoms with Crippen molar-refractivity contribution in [3.05, 3.63) is 18.5 Å². The van der Waals surface area contributed by atoms with Gasteiger partial charge in [0.05, 0.1) is 0 Å². The first-order valence-corrected chi connectivity index (χ1v) is 3.88. The number of amides is 1. The Morgan fingerprint density at radius 2 is 2.46 bits per heavy atom. The number of carbonyl (C=O) groups excluding carboxylic acids is 1. The van der Waals surface area contributed by atoms with Crippen molar-refractivity contribution in [1.82, 2.24) is 14.8 Å². The van der Waals surface area contributed by atoms with E-state index in [1.54, 1.807) is 18.5 Å². The van der Waals surface area contributed by atoms with Crippen molar-refractivity contribution in [2.24, 2.45) is 7.05 Å². The standard InChI is InChI=1S/C8H12N4O/c1-6(2)4-7(13)10-8-11-9-5-12(8)3/h5H,1,4H2,2-3H3,(H,10,11,13). The van der Waals surface area contributed by atoms with Crippen LogP contribution in [0.15, 0.2) is 18.5 Å². The van der Waals surface area contributed by atoms with Crippen LogP contribution in [0, 0.1) is 0 Å². The van der Waals surface area contributed by atoms with Crippen LogP contribution in [0.1, 0.15) is 13.3 Å². The summed E-state index contributed by atoms with van der Waals surface area (Å²) in [5.74, 6) is 0.329. The second-order valence-corrected chi connectivity index (χ2v) is 2.95. The third-order valence-electron chi connectivity index (χ3n) is 1.42. The molecule has 1 aromatic heterocycles. The second kappa shape index (κ2) is 3.84. The first-order chi connectivity index (χ1) is 6.09. The van der Waals surface area contributed by atoms with E-state index >= 15 is 0 Å². The Hall–Kier alpha value is -1.65. The SMILES string of the molecule is C=C(C)CC(=O)Nc1nncn1C. The van der Waals surface area contributed by atoms with E-state index in [0.29, 0.717) is 12.4 Å². The highest BCUT2D eigenvalue weighted by atomic mass is 16.1. The summed E-state index contributed by atoms with van der Waals surface area (Å²) in [6.07, 6.45) is 1.84. The van der Waals surface area contributed by atoms with Crippen molar-refractivity contribution in [3.8, 4) is 0 Å². The van der Waals surface area contributed by atoms with Gasteiger partial charge in [-0.2, -0.15) is 0 Å². The normalized spacial score (nSPS) is 9.69. The molecule has 0 radical (unpaired) electrons. The van der Waals surface area contributed by atoms with Crippen LogP contribution in [-0.2, 0) is 11.8 Å². The lowest BCUT2D eigenvalue weighted by atomic mass is 10.2. The molecule has 5 heteroatoms. The molecule has 1 rings (SSSR count). The maximum absolute atomic E-state index is 11.2. The molecule has 1 amide bonds. The van der Waals surface area contributed by atoms with Crippen LogP contribution < -0.4 is 5.32 Å². The van der Waals surface area contributed by atoms with Gasteiger partial charge in [0.1, 0.15) is 6.33 Å². The fraction of sp³-hybridized carbons (Fsp3) is 0.375. The minimum atomic E-state index is -0.122. The average Bonchev–Trinajstić information content (AvgIpc) is 2.34. The molecular formula is C8H12N4O. The number of hydrogen-bond donors (Lipinski definition) is 1. The maximum atomic E-state index is 11.2. The molecular weight excluding hydrogens is 168 g/mol. The predicted octanol–water partition coefficient (Wildman–Crippen LogP) is 0.720. The molecule has 0 aliphatic heterocycles. The quantitative estimate of drug-likeness (QED) is 0.697. The molecule has 1 N–H and O–H groups in total. The number of hydrogen-bond acceptors (Lipinski definition) is 3. The van der Waals surface area contributed by atoms with Crippen LogP contribution in [0.25, 0.3) is 0 Å². The highest BCUT2D eigenvalue weighted by molar-refractivity contribution is 5.90. The average molecular weight is 180 g/mol. The monoisotopic (exact) mass is 180 g/mol. The molecule has 0 spiro atoms. The Bertz CT molecular complexity index is 329. The lowest BCUT2D eigenvalue weighted by Crippen LogP contribution is -2.14. The van der Waals surface area contributed by atoms with Crippen molar-refractivity contribution < 1.29 is 4.79 Å². The Kier molecular flexibility index (Phi) is 2.79. The lowest BCUT2D eigenvalue weighted by Gasteiger charge is -2.02. The molecule has 1 aromatic rings. The van der Waals surface area contributed by atoms with Crippen molar-refractivity contribution in [2.75, 3.05) is 5.32 Å². The van der Waals surface area contributed by atoms with Crippen LogP contribution in [0.4, 0.5) is 5.95 Å². The van der Waals surface area contributed by atoms with Crippen LogP contribution in [0.3, 0.4) is 0 Å². The summed E-state index contributed by atoms with van der Waals surface area (Å²) < 4.78 is 1.64. The first kappa shape index (κ1) is 9.44. The van der Waals surface area contributed by atoms with Gasteiger partial charge in [0.15, 0.2) is 0 Å². The molecule has 0 fully saturated rings. The number of aromatic nitrogens is 3. The van der Waals surface area contributed by atoms with Gasteiger partial charge < -0.3 is 4.57 Å². The van der Waals surface area contributed by atoms with E-state index in [9.17, 15) is 4.79 Å². The van der Waals surface area contributed by atoms with E-state index in [4.69, 9.17) is 0 Å². The smallest absolute Gasteiger partial charge is 0.230 e. The van der Waals surface area contributed by atoms with Gasteiger partial charge in [-0.25, -0.2) is 0 Å². The van der Waals surface area contributed by atoms with Gasteiger partial charge in [0.25, 0.3) is 0 Å². The fourth-order valence-corrected chi connectivity index (χ4v) is 0.839. The molecule has 70 valence electrons. The highest BCUT2D eigenvalue weighted by Gasteiger charge is 2.05. The molecule has 0 aliphatic rings. The third kappa shape index (κ3) is 2.70. The van der Waals surface area contributed by atoms with Crippen LogP contribution in [-0.4, -0.2) is 20.7 Å². The summed E-state index contributed by atoms with van der Waals surface area (Å²) in [7, 11) is 1.76. The van der Waals surface area contributed by atoms with Crippen molar-refractivity contribution in [1.29, 1.82) is 0 Å². The first-order valence-electron chi connectivity index (χ1n) is 3.88. The predicted molar refractivity (Wildman–Crippen MR) is 49.1 cm³/mol. The van der Waals surface area contributed by atoms with Crippen molar-refractivity contribution >= 4 is 11.9 Å². The molecule has 13 heavy (non-hydrogen) atoms. The zero-order valence-corrected chi connectivity index (χ0v) is 7.74. The molecule has 0 saturated carbocycles. The van der Waals surface area contributed by atoms with Gasteiger partial charge in [-0.15, -0.1) is 10.2 Å². The van der Waals surface area contributed by atoms with Crippen LogP contribution >= 0.6 is 0 Å². The van der Waals surface area contributed by atoms with E-state index in [2.05, 4.69) is 22.1 Å². The van der Waals surface area contributed by atoms with Gasteiger partial charge >= 0.3 is 0 Å². The molecule has 0 aromatic carbocycles. The molecule has 0 atom stereocenters. The maximum Gasteiger partial charge on any atom is 0.230 e. The number of nitrogens with one attached hydrogen (secondary N) is 1. The van der Waals surface area contributed by atoms with E-state index in [0.717, 1.165) is 5.57 Å². The third-order valence-corrected chi connectivity index (χ3v) is 1.42. The zero-order chi connectivity index (χ0) is 9.84. The summed E-state index contributed by atoms with van der Waals surface area (Å²) in [4.78, 5) is 11.2. The Morgan fingerprint density at radius 3 is 2.92 bits per heavy atom. The van der Waals surface area contributed by atoms with Gasteiger partial charge in [-0.1, -0.05) is 12.2 Å².